The molecule has 0 unspecified atom stereocenters. The van der Waals surface area contributed by atoms with Gasteiger partial charge in [-0.3, -0.25) is 9.59 Å². The van der Waals surface area contributed by atoms with Crippen molar-refractivity contribution in [1.29, 1.82) is 0 Å². The predicted molar refractivity (Wildman–Crippen MR) is 121 cm³/mol. The molecule has 0 radical (unpaired) electrons. The van der Waals surface area contributed by atoms with Crippen molar-refractivity contribution in [2.45, 2.75) is 18.2 Å². The molecule has 1 saturated heterocycles. The summed E-state index contributed by atoms with van der Waals surface area (Å²) in [4.78, 5) is 24.3. The van der Waals surface area contributed by atoms with Crippen molar-refractivity contribution in [3.63, 3.8) is 0 Å². The van der Waals surface area contributed by atoms with Gasteiger partial charge in [-0.2, -0.15) is 4.31 Å². The molecule has 1 aromatic heterocycles. The Labute approximate surface area is 192 Å². The van der Waals surface area contributed by atoms with Crippen molar-refractivity contribution in [1.82, 2.24) is 9.62 Å². The lowest BCUT2D eigenvalue weighted by Gasteiger charge is -2.26. The zero-order valence-electron chi connectivity index (χ0n) is 18.3. The number of anilines is 1. The van der Waals surface area contributed by atoms with Crippen LogP contribution in [0.25, 0.3) is 6.08 Å². The first kappa shape index (κ1) is 24.5. The zero-order valence-corrected chi connectivity index (χ0v) is 19.1. The molecule has 1 fully saturated rings. The molecule has 1 aliphatic heterocycles. The largest absolute Gasteiger partial charge is 0.492 e. The molecule has 2 N–H and O–H groups in total. The second-order valence-electron chi connectivity index (χ2n) is 7.05. The van der Waals surface area contributed by atoms with Gasteiger partial charge in [0, 0.05) is 32.1 Å². The summed E-state index contributed by atoms with van der Waals surface area (Å²) in [6, 6.07) is 7.78. The van der Waals surface area contributed by atoms with Crippen LogP contribution in [0.15, 0.2) is 52.0 Å². The zero-order chi connectivity index (χ0) is 23.7. The highest BCUT2D eigenvalue weighted by Crippen LogP contribution is 2.29. The number of carbonyl (C=O) groups is 2. The lowest BCUT2D eigenvalue weighted by Crippen LogP contribution is -2.40. The second kappa shape index (κ2) is 11.6. The van der Waals surface area contributed by atoms with Gasteiger partial charge in [0.05, 0.1) is 36.7 Å². The quantitative estimate of drug-likeness (QED) is 0.500. The number of carbonyl (C=O) groups excluding carboxylic acids is 2. The van der Waals surface area contributed by atoms with Crippen molar-refractivity contribution in [2.75, 3.05) is 44.8 Å². The molecular formula is C22H27N3O7S. The van der Waals surface area contributed by atoms with E-state index in [0.717, 1.165) is 0 Å². The summed E-state index contributed by atoms with van der Waals surface area (Å²) in [5, 5.41) is 5.29. The maximum atomic E-state index is 12.9. The van der Waals surface area contributed by atoms with E-state index in [9.17, 15) is 18.0 Å². The smallest absolute Gasteiger partial charge is 0.244 e. The van der Waals surface area contributed by atoms with Gasteiger partial charge < -0.3 is 24.5 Å². The SMILES string of the molecule is CCOc1ccc(S(=O)(=O)N2CCOCC2)cc1NC(=O)CCNC(=O)/C=C/c1ccco1. The van der Waals surface area contributed by atoms with Gasteiger partial charge in [-0.25, -0.2) is 8.42 Å². The van der Waals surface area contributed by atoms with E-state index in [-0.39, 0.29) is 42.5 Å². The maximum Gasteiger partial charge on any atom is 0.244 e. The molecule has 2 aromatic rings. The topological polar surface area (TPSA) is 127 Å². The van der Waals surface area contributed by atoms with E-state index in [0.29, 0.717) is 31.3 Å². The standard InChI is InChI=1S/C22H27N3O7S/c1-2-31-20-7-6-18(33(28,29)25-11-14-30-15-12-25)16-19(20)24-22(27)9-10-23-21(26)8-5-17-4-3-13-32-17/h3-8,13,16H,2,9-12,14-15H2,1H3,(H,23,26)(H,24,27)/b8-5+. The Kier molecular flexibility index (Phi) is 8.64. The minimum atomic E-state index is -3.73. The van der Waals surface area contributed by atoms with Crippen LogP contribution >= 0.6 is 0 Å². The normalized spacial score (nSPS) is 14.8. The van der Waals surface area contributed by atoms with Crippen molar-refractivity contribution >= 4 is 33.6 Å². The first-order valence-corrected chi connectivity index (χ1v) is 12.0. The van der Waals surface area contributed by atoms with Crippen LogP contribution in [0.2, 0.25) is 0 Å². The number of nitrogens with zero attached hydrogens (tertiary/aromatic N) is 1. The van der Waals surface area contributed by atoms with Crippen LogP contribution in [0.4, 0.5) is 5.69 Å². The number of nitrogens with one attached hydrogen (secondary N) is 2. The number of rotatable bonds is 10. The summed E-state index contributed by atoms with van der Waals surface area (Å²) < 4.78 is 43.1. The average Bonchev–Trinajstić information content (AvgIpc) is 3.33. The van der Waals surface area contributed by atoms with Crippen molar-refractivity contribution in [3.05, 3.63) is 48.4 Å². The number of hydrogen-bond acceptors (Lipinski definition) is 7. The van der Waals surface area contributed by atoms with Gasteiger partial charge in [0.2, 0.25) is 21.8 Å². The Hall–Kier alpha value is -3.15. The molecule has 11 heteroatoms. The Morgan fingerprint density at radius 2 is 2.00 bits per heavy atom. The highest BCUT2D eigenvalue weighted by Gasteiger charge is 2.27. The van der Waals surface area contributed by atoms with E-state index in [1.54, 1.807) is 19.1 Å². The Balaban J connectivity index is 1.61. The first-order valence-electron chi connectivity index (χ1n) is 10.5. The number of sulfonamides is 1. The fraction of sp³-hybridized carbons (Fsp3) is 0.364. The van der Waals surface area contributed by atoms with Crippen LogP contribution in [-0.4, -0.2) is 64.0 Å². The lowest BCUT2D eigenvalue weighted by molar-refractivity contribution is -0.117. The first-order chi connectivity index (χ1) is 15.9. The van der Waals surface area contributed by atoms with Gasteiger partial charge in [0.1, 0.15) is 11.5 Å². The van der Waals surface area contributed by atoms with Crippen LogP contribution < -0.4 is 15.4 Å². The van der Waals surface area contributed by atoms with E-state index in [1.807, 2.05) is 0 Å². The third-order valence-corrected chi connectivity index (χ3v) is 6.62. The molecule has 1 aromatic carbocycles. The number of hydrogen-bond donors (Lipinski definition) is 2. The molecule has 0 atom stereocenters. The molecule has 0 aliphatic carbocycles. The van der Waals surface area contributed by atoms with Crippen molar-refractivity contribution in [3.8, 4) is 5.75 Å². The molecule has 33 heavy (non-hydrogen) atoms. The van der Waals surface area contributed by atoms with E-state index in [4.69, 9.17) is 13.9 Å². The second-order valence-corrected chi connectivity index (χ2v) is 8.98. The molecular weight excluding hydrogens is 450 g/mol. The molecule has 0 spiro atoms. The highest BCUT2D eigenvalue weighted by atomic mass is 32.2. The molecule has 2 amide bonds. The number of morpholine rings is 1. The summed E-state index contributed by atoms with van der Waals surface area (Å²) in [6.07, 6.45) is 4.32. The van der Waals surface area contributed by atoms with Crippen molar-refractivity contribution < 1.29 is 31.9 Å². The number of amides is 2. The molecule has 178 valence electrons. The Bertz CT molecular complexity index is 1080. The molecule has 10 nitrogen and oxygen atoms in total. The van der Waals surface area contributed by atoms with Gasteiger partial charge in [0.25, 0.3) is 0 Å². The van der Waals surface area contributed by atoms with Crippen molar-refractivity contribution in [2.24, 2.45) is 0 Å². The summed E-state index contributed by atoms with van der Waals surface area (Å²) in [5.74, 6) is 0.135. The molecule has 0 bridgehead atoms. The minimum Gasteiger partial charge on any atom is -0.492 e. The van der Waals surface area contributed by atoms with E-state index >= 15 is 0 Å². The van der Waals surface area contributed by atoms with Crippen LogP contribution in [0, 0.1) is 0 Å². The average molecular weight is 478 g/mol. The Morgan fingerprint density at radius 1 is 1.21 bits per heavy atom. The highest BCUT2D eigenvalue weighted by molar-refractivity contribution is 7.89. The third kappa shape index (κ3) is 6.91. The van der Waals surface area contributed by atoms with E-state index < -0.39 is 15.9 Å². The third-order valence-electron chi connectivity index (χ3n) is 4.73. The van der Waals surface area contributed by atoms with Gasteiger partial charge in [-0.1, -0.05) is 0 Å². The van der Waals surface area contributed by atoms with Gasteiger partial charge in [-0.15, -0.1) is 0 Å². The molecule has 0 saturated carbocycles. The van der Waals surface area contributed by atoms with Gasteiger partial charge in [-0.05, 0) is 43.3 Å². The number of ether oxygens (including phenoxy) is 2. The van der Waals surface area contributed by atoms with E-state index in [1.165, 1.54) is 40.9 Å². The summed E-state index contributed by atoms with van der Waals surface area (Å²) >= 11 is 0. The number of benzene rings is 1. The summed E-state index contributed by atoms with van der Waals surface area (Å²) in [6.45, 7) is 3.44. The molecule has 3 rings (SSSR count). The fourth-order valence-corrected chi connectivity index (χ4v) is 4.53. The number of furan rings is 1. The van der Waals surface area contributed by atoms with Crippen LogP contribution in [0.5, 0.6) is 5.75 Å². The monoisotopic (exact) mass is 477 g/mol. The maximum absolute atomic E-state index is 12.9. The van der Waals surface area contributed by atoms with E-state index in [2.05, 4.69) is 10.6 Å². The molecule has 1 aliphatic rings. The lowest BCUT2D eigenvalue weighted by atomic mass is 10.2. The van der Waals surface area contributed by atoms with Crippen LogP contribution in [-0.2, 0) is 24.3 Å². The van der Waals surface area contributed by atoms with Gasteiger partial charge in [0.15, 0.2) is 0 Å². The predicted octanol–water partition coefficient (Wildman–Crippen LogP) is 1.86. The van der Waals surface area contributed by atoms with Crippen LogP contribution in [0.1, 0.15) is 19.1 Å². The fourth-order valence-electron chi connectivity index (χ4n) is 3.10. The van der Waals surface area contributed by atoms with Crippen LogP contribution in [0.3, 0.4) is 0 Å². The minimum absolute atomic E-state index is 0.00760. The van der Waals surface area contributed by atoms with Gasteiger partial charge >= 0.3 is 0 Å². The summed E-state index contributed by atoms with van der Waals surface area (Å²) in [7, 11) is -3.73. The summed E-state index contributed by atoms with van der Waals surface area (Å²) in [5.41, 5.74) is 0.250. The molecule has 2 heterocycles. The Morgan fingerprint density at radius 3 is 2.70 bits per heavy atom.